The normalized spacial score (nSPS) is 26.2. The van der Waals surface area contributed by atoms with Crippen LogP contribution in [0.4, 0.5) is 0 Å². The number of ether oxygens (including phenoxy) is 1. The summed E-state index contributed by atoms with van der Waals surface area (Å²) in [6, 6.07) is 3.32. The second-order valence-corrected chi connectivity index (χ2v) is 4.06. The molecule has 0 radical (unpaired) electrons. The number of furan rings is 1. The molecule has 2 rings (SSSR count). The minimum absolute atomic E-state index is 0.0383. The highest BCUT2D eigenvalue weighted by atomic mass is 16.6. The summed E-state index contributed by atoms with van der Waals surface area (Å²) in [5.74, 6) is -0.0575. The summed E-state index contributed by atoms with van der Waals surface area (Å²) in [6.07, 6.45) is 3.59. The van der Waals surface area contributed by atoms with E-state index in [2.05, 4.69) is 7.05 Å². The molecule has 2 atom stereocenters. The molecule has 0 aromatic carbocycles. The minimum atomic E-state index is -0.347. The van der Waals surface area contributed by atoms with Crippen molar-refractivity contribution in [2.24, 2.45) is 0 Å². The third-order valence-electron chi connectivity index (χ3n) is 2.70. The van der Waals surface area contributed by atoms with Crippen LogP contribution in [0.1, 0.15) is 23.4 Å². The fraction of sp³-hybridized carbons (Fsp3) is 0.545. The monoisotopic (exact) mass is 210 g/mol. The van der Waals surface area contributed by atoms with Gasteiger partial charge in [0.25, 0.3) is 0 Å². The lowest BCUT2D eigenvalue weighted by Gasteiger charge is -2.26. The largest absolute Gasteiger partial charge is 0.457 e. The predicted octanol–water partition coefficient (Wildman–Crippen LogP) is 0.114. The molecule has 0 aliphatic carbocycles. The standard InChI is InChI=1S/C11H15NO3/c1-12-6-2-4-9(8-12)15-11(13)10-5-3-7-14-10/h3,5,7,9H,2,4,6,8H2,1H3/p+1/t9-/m0/s1. The summed E-state index contributed by atoms with van der Waals surface area (Å²) in [5, 5.41) is 0. The van der Waals surface area contributed by atoms with Crippen LogP contribution in [0, 0.1) is 0 Å². The third kappa shape index (κ3) is 2.59. The summed E-state index contributed by atoms with van der Waals surface area (Å²) in [5.41, 5.74) is 0. The van der Waals surface area contributed by atoms with Gasteiger partial charge in [0.2, 0.25) is 5.76 Å². The van der Waals surface area contributed by atoms with E-state index >= 15 is 0 Å². The van der Waals surface area contributed by atoms with E-state index in [0.717, 1.165) is 25.9 Å². The van der Waals surface area contributed by atoms with Gasteiger partial charge in [-0.25, -0.2) is 4.79 Å². The second-order valence-electron chi connectivity index (χ2n) is 4.06. The van der Waals surface area contributed by atoms with Crippen molar-refractivity contribution >= 4 is 5.97 Å². The van der Waals surface area contributed by atoms with Crippen molar-refractivity contribution < 1.29 is 18.8 Å². The molecule has 1 aliphatic rings. The molecule has 1 unspecified atom stereocenters. The number of rotatable bonds is 2. The Morgan fingerprint density at radius 2 is 2.53 bits per heavy atom. The summed E-state index contributed by atoms with van der Waals surface area (Å²) >= 11 is 0. The van der Waals surface area contributed by atoms with Crippen LogP contribution in [0.15, 0.2) is 22.8 Å². The quantitative estimate of drug-likeness (QED) is 0.705. The van der Waals surface area contributed by atoms with E-state index in [-0.39, 0.29) is 12.1 Å². The predicted molar refractivity (Wildman–Crippen MR) is 53.8 cm³/mol. The van der Waals surface area contributed by atoms with Crippen LogP contribution in [0.25, 0.3) is 0 Å². The fourth-order valence-electron chi connectivity index (χ4n) is 1.93. The molecular weight excluding hydrogens is 194 g/mol. The lowest BCUT2D eigenvalue weighted by atomic mass is 10.1. The molecule has 0 spiro atoms. The Labute approximate surface area is 88.8 Å². The molecule has 15 heavy (non-hydrogen) atoms. The van der Waals surface area contributed by atoms with Crippen LogP contribution in [-0.4, -0.2) is 32.2 Å². The van der Waals surface area contributed by atoms with Gasteiger partial charge in [-0.2, -0.15) is 0 Å². The topological polar surface area (TPSA) is 43.9 Å². The number of piperidine rings is 1. The van der Waals surface area contributed by atoms with Gasteiger partial charge in [0.05, 0.1) is 19.9 Å². The van der Waals surface area contributed by atoms with E-state index in [9.17, 15) is 4.79 Å². The number of quaternary nitrogens is 1. The summed E-state index contributed by atoms with van der Waals surface area (Å²) in [7, 11) is 2.12. The molecule has 1 fully saturated rings. The van der Waals surface area contributed by atoms with Crippen LogP contribution < -0.4 is 4.90 Å². The number of carbonyl (C=O) groups excluding carboxylic acids is 1. The molecule has 0 saturated carbocycles. The van der Waals surface area contributed by atoms with Crippen LogP contribution in [0.5, 0.6) is 0 Å². The Bertz CT molecular complexity index is 321. The van der Waals surface area contributed by atoms with Crippen LogP contribution >= 0.6 is 0 Å². The molecule has 82 valence electrons. The maximum Gasteiger partial charge on any atom is 0.374 e. The Hall–Kier alpha value is -1.29. The summed E-state index contributed by atoms with van der Waals surface area (Å²) < 4.78 is 10.3. The average molecular weight is 210 g/mol. The van der Waals surface area contributed by atoms with E-state index in [1.54, 1.807) is 12.1 Å². The van der Waals surface area contributed by atoms with Crippen molar-refractivity contribution in [1.29, 1.82) is 0 Å². The molecule has 4 heteroatoms. The summed E-state index contributed by atoms with van der Waals surface area (Å²) in [6.45, 7) is 2.06. The molecule has 2 heterocycles. The maximum absolute atomic E-state index is 11.6. The Balaban J connectivity index is 1.89. The molecule has 4 nitrogen and oxygen atoms in total. The van der Waals surface area contributed by atoms with Gasteiger partial charge in [-0.3, -0.25) is 0 Å². The molecular formula is C11H16NO3+. The first-order chi connectivity index (χ1) is 7.25. The minimum Gasteiger partial charge on any atom is -0.457 e. The van der Waals surface area contributed by atoms with Crippen molar-refractivity contribution in [3.8, 4) is 0 Å². The SMILES string of the molecule is C[NH+]1CCC[C@H](OC(=O)c2ccco2)C1. The maximum atomic E-state index is 11.6. The van der Waals surface area contributed by atoms with Crippen LogP contribution in [0.3, 0.4) is 0 Å². The molecule has 1 aliphatic heterocycles. The zero-order valence-corrected chi connectivity index (χ0v) is 8.86. The lowest BCUT2D eigenvalue weighted by molar-refractivity contribution is -0.888. The highest BCUT2D eigenvalue weighted by Gasteiger charge is 2.24. The molecule has 1 saturated heterocycles. The van der Waals surface area contributed by atoms with Crippen LogP contribution in [0.2, 0.25) is 0 Å². The zero-order chi connectivity index (χ0) is 10.7. The number of nitrogens with one attached hydrogen (secondary N) is 1. The average Bonchev–Trinajstić information content (AvgIpc) is 2.70. The van der Waals surface area contributed by atoms with Gasteiger partial charge in [-0.1, -0.05) is 0 Å². The first-order valence-corrected chi connectivity index (χ1v) is 5.31. The summed E-state index contributed by atoms with van der Waals surface area (Å²) in [4.78, 5) is 13.0. The number of carbonyl (C=O) groups is 1. The molecule has 1 N–H and O–H groups in total. The van der Waals surface area contributed by atoms with Gasteiger partial charge >= 0.3 is 5.97 Å². The van der Waals surface area contributed by atoms with Crippen molar-refractivity contribution in [1.82, 2.24) is 0 Å². The van der Waals surface area contributed by atoms with E-state index in [4.69, 9.17) is 9.15 Å². The van der Waals surface area contributed by atoms with E-state index in [0.29, 0.717) is 5.76 Å². The Morgan fingerprint density at radius 3 is 3.20 bits per heavy atom. The smallest absolute Gasteiger partial charge is 0.374 e. The molecule has 1 aromatic heterocycles. The van der Waals surface area contributed by atoms with Crippen molar-refractivity contribution in [3.05, 3.63) is 24.2 Å². The van der Waals surface area contributed by atoms with Gasteiger partial charge in [0.1, 0.15) is 6.54 Å². The van der Waals surface area contributed by atoms with Gasteiger partial charge in [-0.05, 0) is 18.6 Å². The number of likely N-dealkylation sites (tertiary alicyclic amines) is 1. The van der Waals surface area contributed by atoms with Gasteiger partial charge in [0.15, 0.2) is 6.10 Å². The number of hydrogen-bond acceptors (Lipinski definition) is 3. The molecule has 0 amide bonds. The first kappa shape index (κ1) is 10.2. The van der Waals surface area contributed by atoms with Gasteiger partial charge < -0.3 is 14.1 Å². The molecule has 1 aromatic rings. The lowest BCUT2D eigenvalue weighted by Crippen LogP contribution is -3.11. The highest BCUT2D eigenvalue weighted by Crippen LogP contribution is 2.08. The molecule has 0 bridgehead atoms. The fourth-order valence-corrected chi connectivity index (χ4v) is 1.93. The van der Waals surface area contributed by atoms with Gasteiger partial charge in [0, 0.05) is 6.42 Å². The zero-order valence-electron chi connectivity index (χ0n) is 8.86. The van der Waals surface area contributed by atoms with Crippen molar-refractivity contribution in [2.75, 3.05) is 20.1 Å². The van der Waals surface area contributed by atoms with Gasteiger partial charge in [-0.15, -0.1) is 0 Å². The van der Waals surface area contributed by atoms with E-state index in [1.165, 1.54) is 11.2 Å². The second kappa shape index (κ2) is 4.49. The van der Waals surface area contributed by atoms with Crippen molar-refractivity contribution in [2.45, 2.75) is 18.9 Å². The Morgan fingerprint density at radius 1 is 1.67 bits per heavy atom. The number of likely N-dealkylation sites (N-methyl/N-ethyl adjacent to an activating group) is 1. The van der Waals surface area contributed by atoms with Crippen molar-refractivity contribution in [3.63, 3.8) is 0 Å². The van der Waals surface area contributed by atoms with E-state index in [1.807, 2.05) is 0 Å². The first-order valence-electron chi connectivity index (χ1n) is 5.31. The Kier molecular flexibility index (Phi) is 3.06. The highest BCUT2D eigenvalue weighted by molar-refractivity contribution is 5.86. The number of hydrogen-bond donors (Lipinski definition) is 1. The third-order valence-corrected chi connectivity index (χ3v) is 2.70. The van der Waals surface area contributed by atoms with E-state index < -0.39 is 0 Å². The van der Waals surface area contributed by atoms with Crippen LogP contribution in [-0.2, 0) is 4.74 Å². The number of esters is 1.